The van der Waals surface area contributed by atoms with Crippen LogP contribution in [0.2, 0.25) is 5.02 Å². The maximum Gasteiger partial charge on any atom is 0.126 e. The van der Waals surface area contributed by atoms with Crippen LogP contribution in [0.4, 0.5) is 4.39 Å². The molecule has 2 aromatic rings. The summed E-state index contributed by atoms with van der Waals surface area (Å²) >= 11 is 7.72. The second kappa shape index (κ2) is 4.77. The molecule has 1 aromatic carbocycles. The van der Waals surface area contributed by atoms with Crippen LogP contribution in [0.1, 0.15) is 27.6 Å². The van der Waals surface area contributed by atoms with Crippen molar-refractivity contribution in [1.29, 1.82) is 0 Å². The lowest BCUT2D eigenvalue weighted by Gasteiger charge is -2.12. The molecular weight excluding hydrogens is 257 g/mol. The summed E-state index contributed by atoms with van der Waals surface area (Å²) in [6, 6.07) is 4.63. The molecule has 2 rings (SSSR count). The molecule has 0 aliphatic rings. The number of halogens is 2. The Morgan fingerprint density at radius 1 is 1.29 bits per heavy atom. The van der Waals surface area contributed by atoms with Crippen molar-refractivity contribution < 1.29 is 4.39 Å². The average Bonchev–Trinajstić information content (AvgIpc) is 2.63. The number of nitrogens with two attached hydrogens (primary N) is 1. The molecule has 1 atom stereocenters. The molecule has 0 aliphatic heterocycles. The van der Waals surface area contributed by atoms with Gasteiger partial charge in [-0.15, -0.1) is 11.3 Å². The van der Waals surface area contributed by atoms with Crippen LogP contribution in [-0.4, -0.2) is 0 Å². The number of hydrogen-bond acceptors (Lipinski definition) is 2. The van der Waals surface area contributed by atoms with Gasteiger partial charge in [0.15, 0.2) is 0 Å². The van der Waals surface area contributed by atoms with Crippen LogP contribution in [0, 0.1) is 19.7 Å². The monoisotopic (exact) mass is 269 g/mol. The Morgan fingerprint density at radius 2 is 2.00 bits per heavy atom. The molecule has 0 saturated carbocycles. The van der Waals surface area contributed by atoms with E-state index < -0.39 is 0 Å². The Kier molecular flexibility index (Phi) is 3.52. The molecule has 1 unspecified atom stereocenters. The van der Waals surface area contributed by atoms with E-state index in [4.69, 9.17) is 17.3 Å². The van der Waals surface area contributed by atoms with Crippen molar-refractivity contribution in [1.82, 2.24) is 0 Å². The topological polar surface area (TPSA) is 26.0 Å². The molecule has 0 saturated heterocycles. The van der Waals surface area contributed by atoms with Gasteiger partial charge in [0.1, 0.15) is 5.82 Å². The van der Waals surface area contributed by atoms with Crippen molar-refractivity contribution >= 4 is 22.9 Å². The SMILES string of the molecule is Cc1cc(C(N)c2scc(C)c2Cl)ccc1F. The summed E-state index contributed by atoms with van der Waals surface area (Å²) in [5.41, 5.74) is 8.66. The van der Waals surface area contributed by atoms with E-state index in [0.717, 1.165) is 16.0 Å². The summed E-state index contributed by atoms with van der Waals surface area (Å²) in [4.78, 5) is 0.926. The highest BCUT2D eigenvalue weighted by atomic mass is 35.5. The van der Waals surface area contributed by atoms with Gasteiger partial charge >= 0.3 is 0 Å². The minimum Gasteiger partial charge on any atom is -0.320 e. The standard InChI is InChI=1S/C13H13ClFNS/c1-7-5-9(3-4-10(7)15)12(16)13-11(14)8(2)6-17-13/h3-6,12H,16H2,1-2H3. The Labute approximate surface area is 109 Å². The highest BCUT2D eigenvalue weighted by molar-refractivity contribution is 7.10. The van der Waals surface area contributed by atoms with Crippen molar-refractivity contribution in [3.05, 3.63) is 56.0 Å². The van der Waals surface area contributed by atoms with E-state index in [2.05, 4.69) is 0 Å². The molecule has 4 heteroatoms. The fourth-order valence-corrected chi connectivity index (χ4v) is 3.01. The molecule has 0 radical (unpaired) electrons. The summed E-state index contributed by atoms with van der Waals surface area (Å²) in [7, 11) is 0. The van der Waals surface area contributed by atoms with Crippen LogP contribution in [-0.2, 0) is 0 Å². The molecule has 1 heterocycles. The number of rotatable bonds is 2. The van der Waals surface area contributed by atoms with Crippen LogP contribution < -0.4 is 5.73 Å². The van der Waals surface area contributed by atoms with Crippen LogP contribution in [0.5, 0.6) is 0 Å². The highest BCUT2D eigenvalue weighted by Crippen LogP contribution is 2.34. The quantitative estimate of drug-likeness (QED) is 0.869. The van der Waals surface area contributed by atoms with Gasteiger partial charge in [-0.3, -0.25) is 0 Å². The molecule has 1 aromatic heterocycles. The van der Waals surface area contributed by atoms with E-state index in [9.17, 15) is 4.39 Å². The van der Waals surface area contributed by atoms with Gasteiger partial charge in [0, 0.05) is 4.88 Å². The van der Waals surface area contributed by atoms with E-state index in [-0.39, 0.29) is 11.9 Å². The second-order valence-corrected chi connectivity index (χ2v) is 5.37. The zero-order valence-corrected chi connectivity index (χ0v) is 11.2. The van der Waals surface area contributed by atoms with E-state index in [1.807, 2.05) is 12.3 Å². The minimum absolute atomic E-state index is 0.214. The summed E-state index contributed by atoms with van der Waals surface area (Å²) in [6.45, 7) is 3.68. The van der Waals surface area contributed by atoms with E-state index >= 15 is 0 Å². The van der Waals surface area contributed by atoms with Gasteiger partial charge in [-0.25, -0.2) is 4.39 Å². The van der Waals surface area contributed by atoms with Gasteiger partial charge in [-0.2, -0.15) is 0 Å². The van der Waals surface area contributed by atoms with Gasteiger partial charge in [-0.05, 0) is 42.0 Å². The molecule has 0 fully saturated rings. The van der Waals surface area contributed by atoms with E-state index in [1.54, 1.807) is 19.1 Å². The maximum atomic E-state index is 13.2. The summed E-state index contributed by atoms with van der Waals surface area (Å²) < 4.78 is 13.2. The maximum absolute atomic E-state index is 13.2. The first-order valence-corrected chi connectivity index (χ1v) is 6.51. The van der Waals surface area contributed by atoms with Gasteiger partial charge in [-0.1, -0.05) is 23.7 Å². The zero-order valence-electron chi connectivity index (χ0n) is 9.63. The Balaban J connectivity index is 2.40. The molecule has 17 heavy (non-hydrogen) atoms. The fourth-order valence-electron chi connectivity index (χ4n) is 1.67. The number of aryl methyl sites for hydroxylation is 2. The molecule has 2 N–H and O–H groups in total. The smallest absolute Gasteiger partial charge is 0.126 e. The van der Waals surface area contributed by atoms with Crippen LogP contribution in [0.3, 0.4) is 0 Å². The molecule has 1 nitrogen and oxygen atoms in total. The van der Waals surface area contributed by atoms with Crippen molar-refractivity contribution in [2.24, 2.45) is 5.73 Å². The molecule has 0 aliphatic carbocycles. The van der Waals surface area contributed by atoms with Crippen molar-refractivity contribution in [3.8, 4) is 0 Å². The predicted molar refractivity (Wildman–Crippen MR) is 71.2 cm³/mol. The lowest BCUT2D eigenvalue weighted by molar-refractivity contribution is 0.617. The van der Waals surface area contributed by atoms with Crippen molar-refractivity contribution in [2.45, 2.75) is 19.9 Å². The largest absolute Gasteiger partial charge is 0.320 e. The molecule has 0 amide bonds. The lowest BCUT2D eigenvalue weighted by atomic mass is 10.0. The highest BCUT2D eigenvalue weighted by Gasteiger charge is 2.16. The van der Waals surface area contributed by atoms with E-state index in [0.29, 0.717) is 10.6 Å². The third-order valence-corrected chi connectivity index (χ3v) is 4.55. The number of thiophene rings is 1. The number of benzene rings is 1. The summed E-state index contributed by atoms with van der Waals surface area (Å²) in [6.07, 6.45) is 0. The number of hydrogen-bond donors (Lipinski definition) is 1. The average molecular weight is 270 g/mol. The third-order valence-electron chi connectivity index (χ3n) is 2.75. The predicted octanol–water partition coefficient (Wildman–Crippen LogP) is 4.21. The van der Waals surface area contributed by atoms with Gasteiger partial charge in [0.25, 0.3) is 0 Å². The van der Waals surface area contributed by atoms with Crippen molar-refractivity contribution in [2.75, 3.05) is 0 Å². The molecule has 90 valence electrons. The van der Waals surface area contributed by atoms with Gasteiger partial charge in [0.2, 0.25) is 0 Å². The van der Waals surface area contributed by atoms with Crippen LogP contribution >= 0.6 is 22.9 Å². The first-order valence-electron chi connectivity index (χ1n) is 5.26. The van der Waals surface area contributed by atoms with Crippen molar-refractivity contribution in [3.63, 3.8) is 0 Å². The third kappa shape index (κ3) is 2.37. The summed E-state index contributed by atoms with van der Waals surface area (Å²) in [5, 5.41) is 2.69. The summed E-state index contributed by atoms with van der Waals surface area (Å²) in [5.74, 6) is -0.214. The van der Waals surface area contributed by atoms with Crippen LogP contribution in [0.15, 0.2) is 23.6 Å². The Hall–Kier alpha value is -0.900. The normalized spacial score (nSPS) is 12.8. The van der Waals surface area contributed by atoms with Gasteiger partial charge in [0.05, 0.1) is 11.1 Å². The van der Waals surface area contributed by atoms with Gasteiger partial charge < -0.3 is 5.73 Å². The molecule has 0 spiro atoms. The first-order chi connectivity index (χ1) is 8.00. The van der Waals surface area contributed by atoms with Crippen LogP contribution in [0.25, 0.3) is 0 Å². The zero-order chi connectivity index (χ0) is 12.6. The Bertz CT molecular complexity index is 550. The fraction of sp³-hybridized carbons (Fsp3) is 0.231. The second-order valence-electron chi connectivity index (χ2n) is 4.08. The minimum atomic E-state index is -0.291. The molecular formula is C13H13ClFNS. The van der Waals surface area contributed by atoms with E-state index in [1.165, 1.54) is 17.4 Å². The lowest BCUT2D eigenvalue weighted by Crippen LogP contribution is -2.11. The first kappa shape index (κ1) is 12.6. The Morgan fingerprint density at radius 3 is 2.53 bits per heavy atom. The molecule has 0 bridgehead atoms.